The van der Waals surface area contributed by atoms with Crippen LogP contribution in [0.25, 0.3) is 27.6 Å². The summed E-state index contributed by atoms with van der Waals surface area (Å²) in [5.41, 5.74) is 5.08. The van der Waals surface area contributed by atoms with E-state index in [1.165, 1.54) is 5.57 Å². The van der Waals surface area contributed by atoms with Gasteiger partial charge in [-0.2, -0.15) is 5.10 Å². The summed E-state index contributed by atoms with van der Waals surface area (Å²) in [4.78, 5) is 16.5. The van der Waals surface area contributed by atoms with E-state index in [0.717, 1.165) is 59.4 Å². The van der Waals surface area contributed by atoms with Crippen LogP contribution < -0.4 is 4.74 Å². The molecule has 7 nitrogen and oxygen atoms in total. The Bertz CT molecular complexity index is 1250. The topological polar surface area (TPSA) is 59.8 Å². The van der Waals surface area contributed by atoms with Gasteiger partial charge in [0, 0.05) is 25.0 Å². The molecule has 0 fully saturated rings. The molecule has 3 aromatic rings. The molecule has 192 valence electrons. The fourth-order valence-electron chi connectivity index (χ4n) is 4.53. The lowest BCUT2D eigenvalue weighted by molar-refractivity contribution is 0.0270. The summed E-state index contributed by atoms with van der Waals surface area (Å²) in [6.45, 7) is 8.69. The summed E-state index contributed by atoms with van der Waals surface area (Å²) in [6.07, 6.45) is 3.67. The van der Waals surface area contributed by atoms with Crippen molar-refractivity contribution in [1.29, 1.82) is 0 Å². The number of ether oxygens (including phenoxy) is 2. The molecule has 4 rings (SSSR count). The molecule has 0 radical (unpaired) electrons. The normalized spacial score (nSPS) is 14.3. The van der Waals surface area contributed by atoms with Crippen molar-refractivity contribution in [3.8, 4) is 16.9 Å². The maximum atomic E-state index is 12.6. The first-order valence-corrected chi connectivity index (χ1v) is 12.6. The first-order valence-electron chi connectivity index (χ1n) is 12.6. The second-order valence-corrected chi connectivity index (χ2v) is 10.6. The third-order valence-corrected chi connectivity index (χ3v) is 6.28. The molecule has 2 aromatic carbocycles. The minimum atomic E-state index is -0.497. The predicted molar refractivity (Wildman–Crippen MR) is 145 cm³/mol. The van der Waals surface area contributed by atoms with Gasteiger partial charge in [-0.15, -0.1) is 0 Å². The summed E-state index contributed by atoms with van der Waals surface area (Å²) in [7, 11) is 5.87. The number of amides is 1. The highest BCUT2D eigenvalue weighted by Crippen LogP contribution is 2.33. The van der Waals surface area contributed by atoms with Crippen LogP contribution in [-0.4, -0.2) is 72.1 Å². The zero-order valence-electron chi connectivity index (χ0n) is 22.4. The van der Waals surface area contributed by atoms with Crippen LogP contribution in [0.15, 0.2) is 48.5 Å². The van der Waals surface area contributed by atoms with Gasteiger partial charge in [-0.1, -0.05) is 24.3 Å². The minimum absolute atomic E-state index is 0.259. The SMILES string of the molecule is COc1cccc(-c2ccc3c(C4=CCN(C(=O)OC(C)(C)C)CC4)n(CCCN(C)C)nc3c2)c1. The van der Waals surface area contributed by atoms with Crippen molar-refractivity contribution in [2.75, 3.05) is 40.8 Å². The van der Waals surface area contributed by atoms with Gasteiger partial charge in [0.25, 0.3) is 0 Å². The van der Waals surface area contributed by atoms with Gasteiger partial charge in [0.2, 0.25) is 0 Å². The number of methoxy groups -OCH3 is 1. The molecule has 0 bridgehead atoms. The molecule has 1 aliphatic heterocycles. The minimum Gasteiger partial charge on any atom is -0.497 e. The fraction of sp³-hybridized carbons (Fsp3) is 0.448. The molecular weight excluding hydrogens is 452 g/mol. The quantitative estimate of drug-likeness (QED) is 0.426. The van der Waals surface area contributed by atoms with Crippen LogP contribution in [0.1, 0.15) is 39.3 Å². The molecule has 2 heterocycles. The molecule has 1 aromatic heterocycles. The second kappa shape index (κ2) is 10.7. The highest BCUT2D eigenvalue weighted by atomic mass is 16.6. The Morgan fingerprint density at radius 3 is 2.56 bits per heavy atom. The van der Waals surface area contributed by atoms with Gasteiger partial charge in [0.05, 0.1) is 18.3 Å². The summed E-state index contributed by atoms with van der Waals surface area (Å²) < 4.78 is 13.1. The Morgan fingerprint density at radius 1 is 1.11 bits per heavy atom. The molecule has 0 unspecified atom stereocenters. The summed E-state index contributed by atoms with van der Waals surface area (Å²) in [5.74, 6) is 0.837. The molecule has 1 aliphatic rings. The van der Waals surface area contributed by atoms with Crippen LogP contribution in [-0.2, 0) is 11.3 Å². The van der Waals surface area contributed by atoms with Gasteiger partial charge >= 0.3 is 6.09 Å². The third-order valence-electron chi connectivity index (χ3n) is 6.28. The number of hydrogen-bond acceptors (Lipinski definition) is 5. The number of nitrogens with zero attached hydrogens (tertiary/aromatic N) is 4. The largest absolute Gasteiger partial charge is 0.497 e. The van der Waals surface area contributed by atoms with E-state index in [1.807, 2.05) is 39.0 Å². The zero-order valence-corrected chi connectivity index (χ0v) is 22.4. The number of fused-ring (bicyclic) bond motifs is 1. The maximum absolute atomic E-state index is 12.6. The average molecular weight is 491 g/mol. The van der Waals surface area contributed by atoms with E-state index in [2.05, 4.69) is 54.0 Å². The highest BCUT2D eigenvalue weighted by Gasteiger charge is 2.26. The summed E-state index contributed by atoms with van der Waals surface area (Å²) >= 11 is 0. The first-order chi connectivity index (χ1) is 17.1. The van der Waals surface area contributed by atoms with E-state index in [4.69, 9.17) is 14.6 Å². The number of carbonyl (C=O) groups is 1. The molecule has 0 spiro atoms. The molecule has 1 amide bonds. The van der Waals surface area contributed by atoms with Crippen LogP contribution in [0.2, 0.25) is 0 Å². The van der Waals surface area contributed by atoms with E-state index in [1.54, 1.807) is 12.0 Å². The lowest BCUT2D eigenvalue weighted by Gasteiger charge is -2.29. The first kappa shape index (κ1) is 25.8. The third kappa shape index (κ3) is 6.08. The van der Waals surface area contributed by atoms with Crippen molar-refractivity contribution in [2.45, 2.75) is 45.8 Å². The number of rotatable bonds is 7. The number of aromatic nitrogens is 2. The molecule has 0 saturated carbocycles. The van der Waals surface area contributed by atoms with Gasteiger partial charge in [-0.25, -0.2) is 4.79 Å². The Hall–Kier alpha value is -3.32. The monoisotopic (exact) mass is 490 g/mol. The molecule has 0 aliphatic carbocycles. The lowest BCUT2D eigenvalue weighted by Crippen LogP contribution is -2.39. The van der Waals surface area contributed by atoms with E-state index in [9.17, 15) is 4.79 Å². The smallest absolute Gasteiger partial charge is 0.410 e. The van der Waals surface area contributed by atoms with Gasteiger partial charge in [0.15, 0.2) is 0 Å². The molecule has 0 N–H and O–H groups in total. The zero-order chi connectivity index (χ0) is 25.9. The van der Waals surface area contributed by atoms with Crippen molar-refractivity contribution >= 4 is 22.6 Å². The predicted octanol–water partition coefficient (Wildman–Crippen LogP) is 5.69. The van der Waals surface area contributed by atoms with Crippen LogP contribution in [0.4, 0.5) is 4.79 Å². The van der Waals surface area contributed by atoms with Crippen molar-refractivity contribution in [1.82, 2.24) is 19.6 Å². The second-order valence-electron chi connectivity index (χ2n) is 10.6. The summed E-state index contributed by atoms with van der Waals surface area (Å²) in [5, 5.41) is 6.18. The summed E-state index contributed by atoms with van der Waals surface area (Å²) in [6, 6.07) is 14.6. The molecule has 0 atom stereocenters. The van der Waals surface area contributed by atoms with Crippen molar-refractivity contribution in [3.05, 3.63) is 54.2 Å². The standard InChI is InChI=1S/C29H38N4O3/c1-29(2,3)36-28(34)32-17-13-21(14-18-32)27-25-12-11-23(22-9-7-10-24(19-22)35-6)20-26(25)30-33(27)16-8-15-31(4)5/h7,9-13,19-20H,8,14-18H2,1-6H3. The number of hydrogen-bond donors (Lipinski definition) is 0. The van der Waals surface area contributed by atoms with Crippen LogP contribution >= 0.6 is 0 Å². The van der Waals surface area contributed by atoms with E-state index in [0.29, 0.717) is 13.1 Å². The van der Waals surface area contributed by atoms with E-state index < -0.39 is 5.60 Å². The molecule has 36 heavy (non-hydrogen) atoms. The van der Waals surface area contributed by atoms with Crippen LogP contribution in [0.5, 0.6) is 5.75 Å². The van der Waals surface area contributed by atoms with Crippen LogP contribution in [0.3, 0.4) is 0 Å². The molecule has 7 heteroatoms. The van der Waals surface area contributed by atoms with Gasteiger partial charge in [0.1, 0.15) is 11.4 Å². The molecule has 0 saturated heterocycles. The Kier molecular flexibility index (Phi) is 7.69. The van der Waals surface area contributed by atoms with Crippen LogP contribution in [0, 0.1) is 0 Å². The lowest BCUT2D eigenvalue weighted by atomic mass is 9.99. The highest BCUT2D eigenvalue weighted by molar-refractivity contribution is 5.93. The van der Waals surface area contributed by atoms with Gasteiger partial charge < -0.3 is 19.3 Å². The Balaban J connectivity index is 1.66. The average Bonchev–Trinajstić information content (AvgIpc) is 3.20. The van der Waals surface area contributed by atoms with Crippen molar-refractivity contribution in [2.24, 2.45) is 0 Å². The number of carbonyl (C=O) groups excluding carboxylic acids is 1. The van der Waals surface area contributed by atoms with Gasteiger partial charge in [-0.3, -0.25) is 4.68 Å². The van der Waals surface area contributed by atoms with E-state index >= 15 is 0 Å². The Labute approximate surface area is 214 Å². The number of benzene rings is 2. The fourth-order valence-corrected chi connectivity index (χ4v) is 4.53. The Morgan fingerprint density at radius 2 is 1.89 bits per heavy atom. The molecular formula is C29H38N4O3. The van der Waals surface area contributed by atoms with Gasteiger partial charge in [-0.05, 0) is 95.2 Å². The number of aryl methyl sites for hydroxylation is 1. The maximum Gasteiger partial charge on any atom is 0.410 e. The van der Waals surface area contributed by atoms with Crippen molar-refractivity contribution in [3.63, 3.8) is 0 Å². The van der Waals surface area contributed by atoms with E-state index in [-0.39, 0.29) is 6.09 Å². The van der Waals surface area contributed by atoms with Crippen molar-refractivity contribution < 1.29 is 14.3 Å².